The van der Waals surface area contributed by atoms with Gasteiger partial charge in [0.1, 0.15) is 16.3 Å². The third-order valence-electron chi connectivity index (χ3n) is 2.90. The van der Waals surface area contributed by atoms with Crippen molar-refractivity contribution in [2.75, 3.05) is 12.4 Å². The zero-order valence-corrected chi connectivity index (χ0v) is 12.3. The smallest absolute Gasteiger partial charge is 0.272 e. The van der Waals surface area contributed by atoms with Crippen molar-refractivity contribution in [2.45, 2.75) is 4.90 Å². The Morgan fingerprint density at radius 3 is 2.57 bits per heavy atom. The van der Waals surface area contributed by atoms with Crippen LogP contribution in [0.2, 0.25) is 0 Å². The highest BCUT2D eigenvalue weighted by Gasteiger charge is 2.17. The van der Waals surface area contributed by atoms with Gasteiger partial charge in [-0.05, 0) is 30.3 Å². The standard InChI is InChI=1S/C13H15N3O4S/c1-16-7-3-4-10(16)13(17)15-9-5-6-11(20-2)12(8-9)21(14,18)19/h3-8H,1-2H3,(H,15,17)(H2,14,18,19). The molecule has 1 aromatic heterocycles. The summed E-state index contributed by atoms with van der Waals surface area (Å²) in [6.07, 6.45) is 1.73. The zero-order valence-electron chi connectivity index (χ0n) is 11.5. The van der Waals surface area contributed by atoms with Gasteiger partial charge < -0.3 is 14.6 Å². The van der Waals surface area contributed by atoms with Gasteiger partial charge in [0.25, 0.3) is 5.91 Å². The Hall–Kier alpha value is -2.32. The van der Waals surface area contributed by atoms with Gasteiger partial charge in [-0.2, -0.15) is 0 Å². The summed E-state index contributed by atoms with van der Waals surface area (Å²) < 4.78 is 29.6. The van der Waals surface area contributed by atoms with E-state index in [4.69, 9.17) is 9.88 Å². The molecule has 1 amide bonds. The summed E-state index contributed by atoms with van der Waals surface area (Å²) in [4.78, 5) is 11.9. The first-order valence-corrected chi connectivity index (χ1v) is 7.51. The van der Waals surface area contributed by atoms with Crippen LogP contribution in [0.25, 0.3) is 0 Å². The molecule has 0 radical (unpaired) electrons. The molecular formula is C13H15N3O4S. The minimum absolute atomic E-state index is 0.120. The number of nitrogens with two attached hydrogens (primary N) is 1. The molecule has 8 heteroatoms. The van der Waals surface area contributed by atoms with Gasteiger partial charge >= 0.3 is 0 Å². The summed E-state index contributed by atoms with van der Waals surface area (Å²) in [6, 6.07) is 7.61. The fourth-order valence-corrected chi connectivity index (χ4v) is 2.59. The van der Waals surface area contributed by atoms with Crippen LogP contribution in [0.5, 0.6) is 5.75 Å². The van der Waals surface area contributed by atoms with E-state index in [9.17, 15) is 13.2 Å². The number of aromatic nitrogens is 1. The highest BCUT2D eigenvalue weighted by Crippen LogP contribution is 2.26. The van der Waals surface area contributed by atoms with Crippen molar-refractivity contribution in [2.24, 2.45) is 12.2 Å². The number of sulfonamides is 1. The average Bonchev–Trinajstić information content (AvgIpc) is 2.84. The molecule has 2 rings (SSSR count). The number of primary sulfonamides is 1. The number of carbonyl (C=O) groups is 1. The van der Waals surface area contributed by atoms with E-state index in [1.807, 2.05) is 0 Å². The van der Waals surface area contributed by atoms with E-state index in [0.717, 1.165) is 0 Å². The Morgan fingerprint density at radius 2 is 2.05 bits per heavy atom. The van der Waals surface area contributed by atoms with Crippen molar-refractivity contribution in [3.8, 4) is 5.75 Å². The topological polar surface area (TPSA) is 103 Å². The third kappa shape index (κ3) is 3.23. The van der Waals surface area contributed by atoms with Gasteiger partial charge in [-0.1, -0.05) is 0 Å². The van der Waals surface area contributed by atoms with E-state index in [0.29, 0.717) is 11.4 Å². The predicted molar refractivity (Wildman–Crippen MR) is 77.7 cm³/mol. The van der Waals surface area contributed by atoms with Gasteiger partial charge in [-0.25, -0.2) is 13.6 Å². The number of nitrogens with zero attached hydrogens (tertiary/aromatic N) is 1. The van der Waals surface area contributed by atoms with Crippen molar-refractivity contribution in [1.29, 1.82) is 0 Å². The SMILES string of the molecule is COc1ccc(NC(=O)c2cccn2C)cc1S(N)(=O)=O. The minimum atomic E-state index is -3.95. The quantitative estimate of drug-likeness (QED) is 0.877. The molecule has 0 aliphatic heterocycles. The molecule has 0 atom stereocenters. The molecule has 1 heterocycles. The Labute approximate surface area is 122 Å². The zero-order chi connectivity index (χ0) is 15.6. The van der Waals surface area contributed by atoms with Crippen LogP contribution in [0.3, 0.4) is 0 Å². The number of hydrogen-bond donors (Lipinski definition) is 2. The molecule has 0 saturated heterocycles. The van der Waals surface area contributed by atoms with Crippen LogP contribution < -0.4 is 15.2 Å². The van der Waals surface area contributed by atoms with Crippen LogP contribution in [0.4, 0.5) is 5.69 Å². The molecule has 3 N–H and O–H groups in total. The van der Waals surface area contributed by atoms with Crippen molar-refractivity contribution < 1.29 is 17.9 Å². The van der Waals surface area contributed by atoms with E-state index in [-0.39, 0.29) is 16.6 Å². The van der Waals surface area contributed by atoms with E-state index < -0.39 is 10.0 Å². The molecule has 7 nitrogen and oxygen atoms in total. The lowest BCUT2D eigenvalue weighted by Crippen LogP contribution is -2.17. The van der Waals surface area contributed by atoms with Crippen molar-refractivity contribution in [1.82, 2.24) is 4.57 Å². The highest BCUT2D eigenvalue weighted by atomic mass is 32.2. The van der Waals surface area contributed by atoms with Gasteiger partial charge in [-0.3, -0.25) is 4.79 Å². The summed E-state index contributed by atoms with van der Waals surface area (Å²) in [5, 5.41) is 7.74. The van der Waals surface area contributed by atoms with Crippen LogP contribution in [0.1, 0.15) is 10.5 Å². The lowest BCUT2D eigenvalue weighted by Gasteiger charge is -2.10. The maximum absolute atomic E-state index is 12.1. The van der Waals surface area contributed by atoms with Crippen molar-refractivity contribution >= 4 is 21.6 Å². The average molecular weight is 309 g/mol. The summed E-state index contributed by atoms with van der Waals surface area (Å²) in [6.45, 7) is 0. The number of methoxy groups -OCH3 is 1. The van der Waals surface area contributed by atoms with Crippen LogP contribution in [-0.2, 0) is 17.1 Å². The molecule has 0 aliphatic rings. The Bertz CT molecular complexity index is 780. The number of rotatable bonds is 4. The molecule has 0 saturated carbocycles. The van der Waals surface area contributed by atoms with E-state index >= 15 is 0 Å². The number of nitrogens with one attached hydrogen (secondary N) is 1. The molecule has 0 aliphatic carbocycles. The molecule has 2 aromatic rings. The molecule has 0 spiro atoms. The number of anilines is 1. The predicted octanol–water partition coefficient (Wildman–Crippen LogP) is 0.933. The second kappa shape index (κ2) is 5.58. The fourth-order valence-electron chi connectivity index (χ4n) is 1.87. The lowest BCUT2D eigenvalue weighted by molar-refractivity contribution is 0.101. The van der Waals surface area contributed by atoms with Gasteiger partial charge in [0, 0.05) is 18.9 Å². The second-order valence-corrected chi connectivity index (χ2v) is 5.90. The Kier molecular flexibility index (Phi) is 4.01. The Balaban J connectivity index is 2.34. The minimum Gasteiger partial charge on any atom is -0.495 e. The van der Waals surface area contributed by atoms with E-state index in [1.54, 1.807) is 29.9 Å². The summed E-state index contributed by atoms with van der Waals surface area (Å²) in [5.41, 5.74) is 0.758. The van der Waals surface area contributed by atoms with Crippen molar-refractivity contribution in [3.63, 3.8) is 0 Å². The molecule has 0 fully saturated rings. The largest absolute Gasteiger partial charge is 0.495 e. The molecule has 112 valence electrons. The molecule has 1 aromatic carbocycles. The summed E-state index contributed by atoms with van der Waals surface area (Å²) >= 11 is 0. The van der Waals surface area contributed by atoms with Crippen LogP contribution in [-0.4, -0.2) is 26.0 Å². The van der Waals surface area contributed by atoms with E-state index in [1.165, 1.54) is 25.3 Å². The summed E-state index contributed by atoms with van der Waals surface area (Å²) in [5.74, 6) is -0.234. The summed E-state index contributed by atoms with van der Waals surface area (Å²) in [7, 11) is -0.873. The van der Waals surface area contributed by atoms with Gasteiger partial charge in [0.15, 0.2) is 0 Å². The number of ether oxygens (including phenoxy) is 1. The van der Waals surface area contributed by atoms with Crippen LogP contribution in [0.15, 0.2) is 41.4 Å². The first-order valence-electron chi connectivity index (χ1n) is 5.96. The van der Waals surface area contributed by atoms with E-state index in [2.05, 4.69) is 5.32 Å². The fraction of sp³-hybridized carbons (Fsp3) is 0.154. The number of benzene rings is 1. The number of aryl methyl sites for hydroxylation is 1. The van der Waals surface area contributed by atoms with Gasteiger partial charge in [0.05, 0.1) is 7.11 Å². The molecule has 0 unspecified atom stereocenters. The normalized spacial score (nSPS) is 11.2. The highest BCUT2D eigenvalue weighted by molar-refractivity contribution is 7.89. The number of hydrogen-bond acceptors (Lipinski definition) is 4. The molecular weight excluding hydrogens is 294 g/mol. The third-order valence-corrected chi connectivity index (χ3v) is 3.84. The van der Waals surface area contributed by atoms with Gasteiger partial charge in [0.2, 0.25) is 10.0 Å². The molecule has 0 bridgehead atoms. The Morgan fingerprint density at radius 1 is 1.33 bits per heavy atom. The first-order chi connectivity index (χ1) is 9.82. The van der Waals surface area contributed by atoms with Gasteiger partial charge in [-0.15, -0.1) is 0 Å². The molecule has 21 heavy (non-hydrogen) atoms. The maximum Gasteiger partial charge on any atom is 0.272 e. The lowest BCUT2D eigenvalue weighted by atomic mass is 10.3. The second-order valence-electron chi connectivity index (χ2n) is 4.37. The number of amides is 1. The number of carbonyl (C=O) groups excluding carboxylic acids is 1. The first kappa shape index (κ1) is 15.1. The van der Waals surface area contributed by atoms with Crippen LogP contribution >= 0.6 is 0 Å². The van der Waals surface area contributed by atoms with Crippen LogP contribution in [0, 0.1) is 0 Å². The monoisotopic (exact) mass is 309 g/mol. The van der Waals surface area contributed by atoms with Crippen molar-refractivity contribution in [3.05, 3.63) is 42.2 Å². The maximum atomic E-state index is 12.1.